The van der Waals surface area contributed by atoms with Crippen molar-refractivity contribution in [2.24, 2.45) is 16.8 Å². The lowest BCUT2D eigenvalue weighted by Crippen LogP contribution is -2.48. The summed E-state index contributed by atoms with van der Waals surface area (Å²) in [5.74, 6) is 2.31. The zero-order valence-electron chi connectivity index (χ0n) is 15.1. The van der Waals surface area contributed by atoms with E-state index in [1.807, 2.05) is 7.05 Å². The normalized spacial score (nSPS) is 28.7. The van der Waals surface area contributed by atoms with Gasteiger partial charge in [0.15, 0.2) is 5.96 Å². The lowest BCUT2D eigenvalue weighted by molar-refractivity contribution is -0.0267. The Balaban J connectivity index is 1.61. The quantitative estimate of drug-likeness (QED) is 0.681. The second-order valence-corrected chi connectivity index (χ2v) is 7.23. The first-order chi connectivity index (χ1) is 11.8. The fourth-order valence-corrected chi connectivity index (χ4v) is 4.00. The van der Waals surface area contributed by atoms with Crippen molar-refractivity contribution in [3.05, 3.63) is 35.9 Å². The second-order valence-electron chi connectivity index (χ2n) is 7.23. The van der Waals surface area contributed by atoms with Crippen LogP contribution in [0.5, 0.6) is 0 Å². The molecular weight excluding hydrogens is 298 g/mol. The fourth-order valence-electron chi connectivity index (χ4n) is 4.00. The summed E-state index contributed by atoms with van der Waals surface area (Å²) in [7, 11) is 1.90. The third-order valence-corrected chi connectivity index (χ3v) is 5.26. The Kier molecular flexibility index (Phi) is 6.13. The summed E-state index contributed by atoms with van der Waals surface area (Å²) in [4.78, 5) is 6.93. The van der Waals surface area contributed by atoms with Gasteiger partial charge in [-0.05, 0) is 37.2 Å². The van der Waals surface area contributed by atoms with E-state index >= 15 is 0 Å². The zero-order valence-corrected chi connectivity index (χ0v) is 15.1. The average Bonchev–Trinajstić information content (AvgIpc) is 2.63. The van der Waals surface area contributed by atoms with Crippen LogP contribution in [0.2, 0.25) is 0 Å². The maximum atomic E-state index is 6.11. The van der Waals surface area contributed by atoms with E-state index in [2.05, 4.69) is 52.5 Å². The van der Waals surface area contributed by atoms with Crippen molar-refractivity contribution in [2.75, 3.05) is 33.3 Å². The molecule has 2 heterocycles. The van der Waals surface area contributed by atoms with Crippen molar-refractivity contribution in [3.63, 3.8) is 0 Å². The van der Waals surface area contributed by atoms with E-state index in [1.165, 1.54) is 24.8 Å². The minimum absolute atomic E-state index is 0.200. The van der Waals surface area contributed by atoms with Crippen molar-refractivity contribution < 1.29 is 4.74 Å². The Morgan fingerprint density at radius 2 is 2.08 bits per heavy atom. The van der Waals surface area contributed by atoms with E-state index in [9.17, 15) is 0 Å². The summed E-state index contributed by atoms with van der Waals surface area (Å²) in [6, 6.07) is 10.6. The number of benzene rings is 1. The molecule has 0 aromatic heterocycles. The minimum atomic E-state index is 0.200. The largest absolute Gasteiger partial charge is 0.373 e. The summed E-state index contributed by atoms with van der Waals surface area (Å²) < 4.78 is 6.11. The van der Waals surface area contributed by atoms with E-state index in [0.717, 1.165) is 44.5 Å². The van der Waals surface area contributed by atoms with Crippen LogP contribution in [-0.2, 0) is 4.74 Å². The first-order valence-electron chi connectivity index (χ1n) is 9.40. The van der Waals surface area contributed by atoms with Gasteiger partial charge < -0.3 is 15.0 Å². The van der Waals surface area contributed by atoms with Crippen LogP contribution in [-0.4, -0.2) is 44.1 Å². The van der Waals surface area contributed by atoms with Gasteiger partial charge in [-0.1, -0.05) is 37.3 Å². The predicted octanol–water partition coefficient (Wildman–Crippen LogP) is 3.46. The van der Waals surface area contributed by atoms with Crippen LogP contribution in [0.3, 0.4) is 0 Å². The molecule has 1 aromatic carbocycles. The van der Waals surface area contributed by atoms with Crippen LogP contribution in [0.25, 0.3) is 0 Å². The van der Waals surface area contributed by atoms with Crippen LogP contribution < -0.4 is 5.32 Å². The molecule has 0 spiro atoms. The highest BCUT2D eigenvalue weighted by molar-refractivity contribution is 5.80. The van der Waals surface area contributed by atoms with Gasteiger partial charge in [-0.3, -0.25) is 4.99 Å². The molecule has 2 saturated heterocycles. The summed E-state index contributed by atoms with van der Waals surface area (Å²) in [5, 5.41) is 3.63. The Morgan fingerprint density at radius 3 is 2.83 bits per heavy atom. The van der Waals surface area contributed by atoms with Gasteiger partial charge in [0.2, 0.25) is 0 Å². The topological polar surface area (TPSA) is 36.9 Å². The van der Waals surface area contributed by atoms with E-state index in [4.69, 9.17) is 4.74 Å². The average molecular weight is 329 g/mol. The standard InChI is InChI=1S/C20H31N3O/c1-16-8-6-12-23(15-16)20(21-2)22-14-18-11-7-13-24-19(18)17-9-4-3-5-10-17/h3-5,9-10,16,18-19H,6-8,11-15H2,1-2H3,(H,21,22). The number of piperidine rings is 1. The molecule has 0 saturated carbocycles. The van der Waals surface area contributed by atoms with E-state index in [-0.39, 0.29) is 6.10 Å². The third-order valence-electron chi connectivity index (χ3n) is 5.26. The first-order valence-corrected chi connectivity index (χ1v) is 9.40. The zero-order chi connectivity index (χ0) is 16.8. The summed E-state index contributed by atoms with van der Waals surface area (Å²) >= 11 is 0. The molecule has 132 valence electrons. The van der Waals surface area contributed by atoms with Crippen molar-refractivity contribution in [1.29, 1.82) is 0 Å². The van der Waals surface area contributed by atoms with E-state index in [1.54, 1.807) is 0 Å². The third kappa shape index (κ3) is 4.29. The van der Waals surface area contributed by atoms with Crippen LogP contribution >= 0.6 is 0 Å². The van der Waals surface area contributed by atoms with Gasteiger partial charge in [-0.15, -0.1) is 0 Å². The molecule has 3 atom stereocenters. The van der Waals surface area contributed by atoms with Crippen LogP contribution in [0.1, 0.15) is 44.3 Å². The van der Waals surface area contributed by atoms with Crippen LogP contribution in [0, 0.1) is 11.8 Å². The molecule has 1 N–H and O–H groups in total. The number of rotatable bonds is 3. The number of aliphatic imine (C=N–C) groups is 1. The number of nitrogens with zero attached hydrogens (tertiary/aromatic N) is 2. The highest BCUT2D eigenvalue weighted by Gasteiger charge is 2.28. The highest BCUT2D eigenvalue weighted by Crippen LogP contribution is 2.33. The van der Waals surface area contributed by atoms with Gasteiger partial charge in [0.1, 0.15) is 0 Å². The summed E-state index contributed by atoms with van der Waals surface area (Å²) in [6.07, 6.45) is 5.15. The smallest absolute Gasteiger partial charge is 0.193 e. The Morgan fingerprint density at radius 1 is 1.25 bits per heavy atom. The van der Waals surface area contributed by atoms with Gasteiger partial charge in [-0.25, -0.2) is 0 Å². The van der Waals surface area contributed by atoms with Gasteiger partial charge in [-0.2, -0.15) is 0 Å². The number of guanidine groups is 1. The number of ether oxygens (including phenoxy) is 1. The van der Waals surface area contributed by atoms with Gasteiger partial charge in [0, 0.05) is 39.2 Å². The SMILES string of the molecule is CN=C(NCC1CCCOC1c1ccccc1)N1CCCC(C)C1. The Labute approximate surface area is 146 Å². The Hall–Kier alpha value is -1.55. The second kappa shape index (κ2) is 8.52. The lowest BCUT2D eigenvalue weighted by atomic mass is 9.89. The molecule has 0 radical (unpaired) electrons. The molecule has 3 rings (SSSR count). The lowest BCUT2D eigenvalue weighted by Gasteiger charge is -2.36. The number of hydrogen-bond acceptors (Lipinski definition) is 2. The van der Waals surface area contributed by atoms with Gasteiger partial charge in [0.25, 0.3) is 0 Å². The molecule has 4 nitrogen and oxygen atoms in total. The molecular formula is C20H31N3O. The van der Waals surface area contributed by atoms with Gasteiger partial charge >= 0.3 is 0 Å². The molecule has 2 aliphatic rings. The van der Waals surface area contributed by atoms with Crippen molar-refractivity contribution in [2.45, 2.75) is 38.7 Å². The van der Waals surface area contributed by atoms with Crippen molar-refractivity contribution >= 4 is 5.96 Å². The number of nitrogens with one attached hydrogen (secondary N) is 1. The van der Waals surface area contributed by atoms with Crippen molar-refractivity contribution in [3.8, 4) is 0 Å². The molecule has 4 heteroatoms. The van der Waals surface area contributed by atoms with Gasteiger partial charge in [0.05, 0.1) is 6.10 Å². The monoisotopic (exact) mass is 329 g/mol. The molecule has 1 aromatic rings. The maximum absolute atomic E-state index is 6.11. The Bertz CT molecular complexity index is 531. The van der Waals surface area contributed by atoms with Crippen LogP contribution in [0.15, 0.2) is 35.3 Å². The molecule has 24 heavy (non-hydrogen) atoms. The molecule has 2 aliphatic heterocycles. The molecule has 3 unspecified atom stereocenters. The maximum Gasteiger partial charge on any atom is 0.193 e. The summed E-state index contributed by atoms with van der Waals surface area (Å²) in [5.41, 5.74) is 1.30. The molecule has 0 aliphatic carbocycles. The van der Waals surface area contributed by atoms with E-state index < -0.39 is 0 Å². The summed E-state index contributed by atoms with van der Waals surface area (Å²) in [6.45, 7) is 6.36. The molecule has 2 fully saturated rings. The van der Waals surface area contributed by atoms with Crippen molar-refractivity contribution in [1.82, 2.24) is 10.2 Å². The molecule has 0 amide bonds. The number of likely N-dealkylation sites (tertiary alicyclic amines) is 1. The van der Waals surface area contributed by atoms with E-state index in [0.29, 0.717) is 5.92 Å². The molecule has 0 bridgehead atoms. The van der Waals surface area contributed by atoms with Crippen LogP contribution in [0.4, 0.5) is 0 Å². The first kappa shape index (κ1) is 17.3. The number of hydrogen-bond donors (Lipinski definition) is 1. The minimum Gasteiger partial charge on any atom is -0.373 e. The highest BCUT2D eigenvalue weighted by atomic mass is 16.5. The predicted molar refractivity (Wildman–Crippen MR) is 99.2 cm³/mol. The fraction of sp³-hybridized carbons (Fsp3) is 0.650.